The smallest absolute Gasteiger partial charge is 0.264 e. The third kappa shape index (κ3) is 4.05. The Morgan fingerprint density at radius 1 is 1.15 bits per heavy atom. The van der Waals surface area contributed by atoms with E-state index >= 15 is 0 Å². The molecule has 0 unspecified atom stereocenters. The largest absolute Gasteiger partial charge is 0.482 e. The Kier molecular flexibility index (Phi) is 4.98. The monoisotopic (exact) mass is 419 g/mol. The molecule has 4 rings (SSSR count). The van der Waals surface area contributed by atoms with Crippen LogP contribution in [0.15, 0.2) is 52.9 Å². The molecule has 0 aliphatic heterocycles. The van der Waals surface area contributed by atoms with Crippen LogP contribution >= 0.6 is 34.5 Å². The van der Waals surface area contributed by atoms with Crippen LogP contribution in [0.2, 0.25) is 10.0 Å². The lowest BCUT2D eigenvalue weighted by Crippen LogP contribution is -2.20. The average Bonchev–Trinajstić information content (AvgIpc) is 3.27. The van der Waals surface area contributed by atoms with Crippen molar-refractivity contribution >= 4 is 56.5 Å². The third-order valence-electron chi connectivity index (χ3n) is 3.56. The van der Waals surface area contributed by atoms with E-state index in [9.17, 15) is 4.79 Å². The van der Waals surface area contributed by atoms with Crippen molar-refractivity contribution in [3.63, 3.8) is 0 Å². The summed E-state index contributed by atoms with van der Waals surface area (Å²) < 4.78 is 11.1. The number of ether oxygens (including phenoxy) is 1. The Bertz CT molecular complexity index is 1090. The van der Waals surface area contributed by atoms with Crippen LogP contribution in [0.3, 0.4) is 0 Å². The maximum Gasteiger partial charge on any atom is 0.264 e. The lowest BCUT2D eigenvalue weighted by Gasteiger charge is -2.07. The number of benzene rings is 2. The van der Waals surface area contributed by atoms with Gasteiger partial charge in [-0.2, -0.15) is 0 Å². The van der Waals surface area contributed by atoms with E-state index in [2.05, 4.69) is 15.5 Å². The molecule has 0 fully saturated rings. The van der Waals surface area contributed by atoms with Crippen LogP contribution < -0.4 is 10.1 Å². The van der Waals surface area contributed by atoms with E-state index in [0.717, 1.165) is 11.0 Å². The summed E-state index contributed by atoms with van der Waals surface area (Å²) in [6.45, 7) is -0.221. The van der Waals surface area contributed by atoms with Crippen molar-refractivity contribution in [1.29, 1.82) is 0 Å². The van der Waals surface area contributed by atoms with E-state index < -0.39 is 0 Å². The number of rotatable bonds is 5. The number of furan rings is 1. The van der Waals surface area contributed by atoms with E-state index in [1.165, 1.54) is 11.3 Å². The molecule has 0 atom stereocenters. The van der Waals surface area contributed by atoms with Crippen LogP contribution in [-0.4, -0.2) is 22.7 Å². The number of halogens is 2. The quantitative estimate of drug-likeness (QED) is 0.476. The number of carbonyl (C=O) groups is 1. The lowest BCUT2D eigenvalue weighted by molar-refractivity contribution is -0.118. The van der Waals surface area contributed by atoms with Crippen LogP contribution in [0.5, 0.6) is 5.75 Å². The summed E-state index contributed by atoms with van der Waals surface area (Å²) in [7, 11) is 0. The molecule has 136 valence electrons. The zero-order chi connectivity index (χ0) is 18.8. The van der Waals surface area contributed by atoms with E-state index in [1.54, 1.807) is 18.2 Å². The zero-order valence-corrected chi connectivity index (χ0v) is 15.9. The molecule has 4 aromatic rings. The van der Waals surface area contributed by atoms with Gasteiger partial charge in [-0.15, -0.1) is 10.2 Å². The van der Waals surface area contributed by atoms with Gasteiger partial charge >= 0.3 is 0 Å². The number of para-hydroxylation sites is 1. The third-order valence-corrected chi connectivity index (χ3v) is 4.94. The lowest BCUT2D eigenvalue weighted by atomic mass is 10.2. The second-order valence-electron chi connectivity index (χ2n) is 5.47. The number of nitrogens with one attached hydrogen (secondary N) is 1. The van der Waals surface area contributed by atoms with Crippen molar-refractivity contribution in [3.05, 3.63) is 58.6 Å². The molecule has 27 heavy (non-hydrogen) atoms. The highest BCUT2D eigenvalue weighted by Gasteiger charge is 2.14. The fourth-order valence-electron chi connectivity index (χ4n) is 2.35. The molecule has 0 bridgehead atoms. The number of aromatic nitrogens is 2. The Morgan fingerprint density at radius 3 is 2.81 bits per heavy atom. The average molecular weight is 420 g/mol. The predicted molar refractivity (Wildman–Crippen MR) is 106 cm³/mol. The number of anilines is 1. The molecule has 1 N–H and O–H groups in total. The van der Waals surface area contributed by atoms with Gasteiger partial charge in [0.2, 0.25) is 5.13 Å². The SMILES string of the molecule is O=C(COc1ccc(Cl)cc1Cl)Nc1nnc(-c2cc3ccccc3o2)s1. The highest BCUT2D eigenvalue weighted by Crippen LogP contribution is 2.31. The summed E-state index contributed by atoms with van der Waals surface area (Å²) in [6.07, 6.45) is 0. The zero-order valence-electron chi connectivity index (χ0n) is 13.6. The number of carbonyl (C=O) groups excluding carboxylic acids is 1. The molecule has 6 nitrogen and oxygen atoms in total. The van der Waals surface area contributed by atoms with Crippen molar-refractivity contribution in [2.45, 2.75) is 0 Å². The van der Waals surface area contributed by atoms with Gasteiger partial charge in [0.05, 0.1) is 5.02 Å². The van der Waals surface area contributed by atoms with Gasteiger partial charge in [0.15, 0.2) is 17.4 Å². The highest BCUT2D eigenvalue weighted by atomic mass is 35.5. The summed E-state index contributed by atoms with van der Waals surface area (Å²) in [5.41, 5.74) is 0.765. The molecule has 0 saturated carbocycles. The normalized spacial score (nSPS) is 10.9. The maximum absolute atomic E-state index is 12.1. The van der Waals surface area contributed by atoms with E-state index in [1.807, 2.05) is 30.3 Å². The van der Waals surface area contributed by atoms with Gasteiger partial charge < -0.3 is 9.15 Å². The molecule has 0 saturated heterocycles. The van der Waals surface area contributed by atoms with Gasteiger partial charge in [0, 0.05) is 10.4 Å². The first-order valence-electron chi connectivity index (χ1n) is 7.78. The highest BCUT2D eigenvalue weighted by molar-refractivity contribution is 7.18. The second-order valence-corrected chi connectivity index (χ2v) is 7.29. The van der Waals surface area contributed by atoms with Crippen molar-refractivity contribution in [3.8, 4) is 16.5 Å². The first-order valence-corrected chi connectivity index (χ1v) is 9.36. The first-order chi connectivity index (χ1) is 13.1. The summed E-state index contributed by atoms with van der Waals surface area (Å²) >= 11 is 13.0. The topological polar surface area (TPSA) is 77.2 Å². The standard InChI is InChI=1S/C18H11Cl2N3O3S/c19-11-5-6-14(12(20)8-11)25-9-16(24)21-18-23-22-17(27-18)15-7-10-3-1-2-4-13(10)26-15/h1-8H,9H2,(H,21,23,24). The Labute approximate surface area is 167 Å². The van der Waals surface area contributed by atoms with Gasteiger partial charge in [-0.25, -0.2) is 0 Å². The van der Waals surface area contributed by atoms with E-state index in [-0.39, 0.29) is 12.5 Å². The maximum atomic E-state index is 12.1. The van der Waals surface area contributed by atoms with Gasteiger partial charge in [0.1, 0.15) is 11.3 Å². The Hall–Kier alpha value is -2.61. The summed E-state index contributed by atoms with van der Waals surface area (Å²) in [5, 5.41) is 13.4. The minimum atomic E-state index is -0.381. The van der Waals surface area contributed by atoms with Gasteiger partial charge in [-0.1, -0.05) is 52.7 Å². The van der Waals surface area contributed by atoms with Crippen molar-refractivity contribution in [2.24, 2.45) is 0 Å². The van der Waals surface area contributed by atoms with Gasteiger partial charge in [0.25, 0.3) is 5.91 Å². The van der Waals surface area contributed by atoms with Crippen LogP contribution in [0.1, 0.15) is 0 Å². The molecule has 9 heteroatoms. The minimum absolute atomic E-state index is 0.221. The molecule has 0 spiro atoms. The number of nitrogens with zero attached hydrogens (tertiary/aromatic N) is 2. The van der Waals surface area contributed by atoms with Crippen molar-refractivity contribution < 1.29 is 13.9 Å². The Balaban J connectivity index is 1.40. The molecular weight excluding hydrogens is 409 g/mol. The minimum Gasteiger partial charge on any atom is -0.482 e. The fourth-order valence-corrected chi connectivity index (χ4v) is 3.53. The number of hydrogen-bond donors (Lipinski definition) is 1. The summed E-state index contributed by atoms with van der Waals surface area (Å²) in [4.78, 5) is 12.1. The number of fused-ring (bicyclic) bond motifs is 1. The Morgan fingerprint density at radius 2 is 2.00 bits per heavy atom. The number of amides is 1. The van der Waals surface area contributed by atoms with E-state index in [4.69, 9.17) is 32.4 Å². The van der Waals surface area contributed by atoms with Crippen molar-refractivity contribution in [2.75, 3.05) is 11.9 Å². The molecule has 2 heterocycles. The van der Waals surface area contributed by atoms with Crippen LogP contribution in [0.4, 0.5) is 5.13 Å². The molecular formula is C18H11Cl2N3O3S. The van der Waals surface area contributed by atoms with Crippen LogP contribution in [-0.2, 0) is 4.79 Å². The fraction of sp³-hybridized carbons (Fsp3) is 0.0556. The molecule has 0 aliphatic carbocycles. The van der Waals surface area contributed by atoms with E-state index in [0.29, 0.717) is 31.7 Å². The second kappa shape index (κ2) is 7.56. The van der Waals surface area contributed by atoms with Crippen LogP contribution in [0, 0.1) is 0 Å². The van der Waals surface area contributed by atoms with Gasteiger partial charge in [-0.3, -0.25) is 10.1 Å². The van der Waals surface area contributed by atoms with Crippen molar-refractivity contribution in [1.82, 2.24) is 10.2 Å². The molecule has 2 aromatic carbocycles. The first kappa shape index (κ1) is 17.8. The number of hydrogen-bond acceptors (Lipinski definition) is 6. The van der Waals surface area contributed by atoms with Gasteiger partial charge in [-0.05, 0) is 30.3 Å². The summed E-state index contributed by atoms with van der Waals surface area (Å²) in [6, 6.07) is 14.3. The van der Waals surface area contributed by atoms with Crippen LogP contribution in [0.25, 0.3) is 21.7 Å². The molecule has 2 aromatic heterocycles. The predicted octanol–water partition coefficient (Wildman–Crippen LogP) is 5.28. The summed E-state index contributed by atoms with van der Waals surface area (Å²) in [5.74, 6) is 0.586. The molecule has 0 aliphatic rings. The molecule has 0 radical (unpaired) electrons. The molecule has 1 amide bonds.